The van der Waals surface area contributed by atoms with Crippen molar-refractivity contribution in [3.05, 3.63) is 0 Å². The van der Waals surface area contributed by atoms with Crippen LogP contribution in [0.3, 0.4) is 0 Å². The largest absolute Gasteiger partial charge is 0.257 e. The molecule has 1 heterocycles. The molecule has 36 valence electrons. The predicted molar refractivity (Wildman–Crippen MR) is 29.8 cm³/mol. The number of rotatable bonds is 1. The van der Waals surface area contributed by atoms with Crippen LogP contribution >= 0.6 is 22.9 Å². The smallest absolute Gasteiger partial charge is 0.220 e. The summed E-state index contributed by atoms with van der Waals surface area (Å²) in [5.74, 6) is -0.222. The van der Waals surface area contributed by atoms with Crippen LogP contribution in [0.25, 0.3) is 0 Å². The van der Waals surface area contributed by atoms with Crippen LogP contribution in [-0.4, -0.2) is 5.85 Å². The Balaban J connectivity index is 2.28. The highest BCUT2D eigenvalue weighted by Gasteiger charge is 2.37. The van der Waals surface area contributed by atoms with E-state index in [1.54, 1.807) is 0 Å². The average molecular weight is 200 g/mol. The number of hydrogen-bond donors (Lipinski definition) is 2. The van der Waals surface area contributed by atoms with Crippen molar-refractivity contribution in [1.82, 2.24) is 9.01 Å². The maximum Gasteiger partial charge on any atom is 0.220 e. The molecule has 1 rings (SSSR count). The number of halogens is 1. The van der Waals surface area contributed by atoms with Gasteiger partial charge in [-0.25, -0.2) is 3.53 Å². The molecule has 0 saturated carbocycles. The summed E-state index contributed by atoms with van der Waals surface area (Å²) >= 11 is 2.02. The zero-order valence-electron chi connectivity index (χ0n) is 3.29. The molecule has 0 aromatic heterocycles. The molecule has 3 nitrogen and oxygen atoms in total. The van der Waals surface area contributed by atoms with E-state index in [-0.39, 0.29) is 5.85 Å². The molecule has 0 aromatic carbocycles. The summed E-state index contributed by atoms with van der Waals surface area (Å²) in [4.78, 5) is 4.68. The Labute approximate surface area is 49.9 Å². The fraction of sp³-hybridized carbons (Fsp3) is 1.00. The monoisotopic (exact) mass is 200 g/mol. The van der Waals surface area contributed by atoms with Crippen molar-refractivity contribution in [2.45, 2.75) is 12.8 Å². The maximum absolute atomic E-state index is 4.68. The Morgan fingerprint density at radius 3 is 2.50 bits per heavy atom. The van der Waals surface area contributed by atoms with Gasteiger partial charge in [0.1, 0.15) is 0 Å². The molecule has 0 amide bonds. The van der Waals surface area contributed by atoms with Crippen LogP contribution in [0.4, 0.5) is 0 Å². The first kappa shape index (κ1) is 4.76. The number of hydrogen-bond acceptors (Lipinski definition) is 3. The maximum atomic E-state index is 4.68. The third-order valence-electron chi connectivity index (χ3n) is 0.589. The van der Waals surface area contributed by atoms with Crippen molar-refractivity contribution < 1.29 is 4.84 Å². The van der Waals surface area contributed by atoms with Crippen LogP contribution in [0.5, 0.6) is 0 Å². The molecule has 1 fully saturated rings. The van der Waals surface area contributed by atoms with Crippen molar-refractivity contribution >= 4 is 22.9 Å². The van der Waals surface area contributed by atoms with E-state index in [4.69, 9.17) is 0 Å². The van der Waals surface area contributed by atoms with Gasteiger partial charge in [-0.05, 0) is 6.92 Å². The fourth-order valence-electron chi connectivity index (χ4n) is 0.115. The van der Waals surface area contributed by atoms with Crippen LogP contribution < -0.4 is 9.01 Å². The molecule has 0 aliphatic carbocycles. The van der Waals surface area contributed by atoms with Crippen molar-refractivity contribution in [1.29, 1.82) is 0 Å². The molecule has 0 aromatic rings. The summed E-state index contributed by atoms with van der Waals surface area (Å²) in [6.07, 6.45) is 0. The molecule has 1 atom stereocenters. The molecule has 6 heavy (non-hydrogen) atoms. The van der Waals surface area contributed by atoms with E-state index in [2.05, 4.69) is 13.8 Å². The number of hydroxylamine groups is 1. The Morgan fingerprint density at radius 1 is 2.00 bits per heavy atom. The molecule has 0 bridgehead atoms. The molecule has 1 saturated heterocycles. The van der Waals surface area contributed by atoms with E-state index < -0.39 is 0 Å². The van der Waals surface area contributed by atoms with Crippen LogP contribution in [0, 0.1) is 0 Å². The van der Waals surface area contributed by atoms with Crippen LogP contribution in [0.15, 0.2) is 0 Å². The zero-order chi connectivity index (χ0) is 4.62. The van der Waals surface area contributed by atoms with Gasteiger partial charge >= 0.3 is 0 Å². The SMILES string of the molecule is CC1(NI)NO1. The summed E-state index contributed by atoms with van der Waals surface area (Å²) in [6, 6.07) is 0. The van der Waals surface area contributed by atoms with Gasteiger partial charge in [0, 0.05) is 22.9 Å². The summed E-state index contributed by atoms with van der Waals surface area (Å²) in [5, 5.41) is 0. The summed E-state index contributed by atoms with van der Waals surface area (Å²) < 4.78 is 2.85. The van der Waals surface area contributed by atoms with E-state index in [1.807, 2.05) is 29.8 Å². The van der Waals surface area contributed by atoms with Gasteiger partial charge in [-0.1, -0.05) is 0 Å². The molecule has 1 aliphatic rings. The highest BCUT2D eigenvalue weighted by atomic mass is 127. The van der Waals surface area contributed by atoms with Crippen molar-refractivity contribution in [2.24, 2.45) is 0 Å². The van der Waals surface area contributed by atoms with Gasteiger partial charge in [-0.2, -0.15) is 5.48 Å². The van der Waals surface area contributed by atoms with E-state index in [9.17, 15) is 0 Å². The highest BCUT2D eigenvalue weighted by molar-refractivity contribution is 14.1. The second-order valence-corrected chi connectivity index (χ2v) is 1.87. The van der Waals surface area contributed by atoms with Crippen molar-refractivity contribution in [3.8, 4) is 0 Å². The van der Waals surface area contributed by atoms with Crippen LogP contribution in [0.1, 0.15) is 6.92 Å². The Kier molecular flexibility index (Phi) is 1.02. The van der Waals surface area contributed by atoms with Gasteiger partial charge in [0.15, 0.2) is 0 Å². The molecule has 2 N–H and O–H groups in total. The first-order valence-corrected chi connectivity index (χ1v) is 2.68. The molecular weight excluding hydrogens is 195 g/mol. The summed E-state index contributed by atoms with van der Waals surface area (Å²) in [5.41, 5.74) is 2.64. The van der Waals surface area contributed by atoms with Crippen LogP contribution in [-0.2, 0) is 4.84 Å². The second-order valence-electron chi connectivity index (χ2n) is 1.33. The standard InChI is InChI=1S/C2H5IN2O/c1-2(4-3)5-6-2/h4-5H,1H3. The molecule has 1 unspecified atom stereocenters. The normalized spacial score (nSPS) is 43.0. The second kappa shape index (κ2) is 1.29. The molecule has 4 heteroatoms. The third kappa shape index (κ3) is 0.810. The van der Waals surface area contributed by atoms with E-state index in [1.165, 1.54) is 0 Å². The molecule has 0 spiro atoms. The number of nitrogens with one attached hydrogen (secondary N) is 2. The predicted octanol–water partition coefficient (Wildman–Crippen LogP) is 0.135. The van der Waals surface area contributed by atoms with E-state index in [0.29, 0.717) is 0 Å². The Hall–Kier alpha value is 0.610. The minimum atomic E-state index is -0.222. The summed E-state index contributed by atoms with van der Waals surface area (Å²) in [6.45, 7) is 1.90. The minimum Gasteiger partial charge on any atom is -0.257 e. The lowest BCUT2D eigenvalue weighted by Crippen LogP contribution is -2.21. The first-order valence-electron chi connectivity index (χ1n) is 1.60. The molecular formula is C2H5IN2O. The quantitative estimate of drug-likeness (QED) is 0.359. The van der Waals surface area contributed by atoms with E-state index >= 15 is 0 Å². The molecule has 0 radical (unpaired) electrons. The topological polar surface area (TPSA) is 46.5 Å². The van der Waals surface area contributed by atoms with Crippen molar-refractivity contribution in [3.63, 3.8) is 0 Å². The summed E-state index contributed by atoms with van der Waals surface area (Å²) in [7, 11) is 0. The highest BCUT2D eigenvalue weighted by Crippen LogP contribution is 2.13. The lowest BCUT2D eigenvalue weighted by molar-refractivity contribution is 0.305. The zero-order valence-corrected chi connectivity index (χ0v) is 5.44. The fourth-order valence-corrected chi connectivity index (χ4v) is 0.335. The Bertz CT molecular complexity index is 62.6. The van der Waals surface area contributed by atoms with Gasteiger partial charge in [-0.15, -0.1) is 0 Å². The van der Waals surface area contributed by atoms with E-state index in [0.717, 1.165) is 0 Å². The Morgan fingerprint density at radius 2 is 2.50 bits per heavy atom. The van der Waals surface area contributed by atoms with Crippen molar-refractivity contribution in [2.75, 3.05) is 0 Å². The van der Waals surface area contributed by atoms with Crippen LogP contribution in [0.2, 0.25) is 0 Å². The van der Waals surface area contributed by atoms with Gasteiger partial charge < -0.3 is 0 Å². The van der Waals surface area contributed by atoms with Gasteiger partial charge in [0.2, 0.25) is 5.85 Å². The third-order valence-corrected chi connectivity index (χ3v) is 1.62. The van der Waals surface area contributed by atoms with Gasteiger partial charge in [-0.3, -0.25) is 4.84 Å². The lowest BCUT2D eigenvalue weighted by Gasteiger charge is -1.90. The molecule has 1 aliphatic heterocycles. The lowest BCUT2D eigenvalue weighted by atomic mass is 10.6. The van der Waals surface area contributed by atoms with Gasteiger partial charge in [0.25, 0.3) is 0 Å². The minimum absolute atomic E-state index is 0.222. The average Bonchev–Trinajstić information content (AvgIpc) is 2.22. The van der Waals surface area contributed by atoms with Gasteiger partial charge in [0.05, 0.1) is 0 Å². The first-order chi connectivity index (χ1) is 2.77.